The number of hydrogen-bond donors (Lipinski definition) is 2. The molecular weight excluding hydrogens is 230 g/mol. The van der Waals surface area contributed by atoms with Crippen molar-refractivity contribution in [2.24, 2.45) is 0 Å². The van der Waals surface area contributed by atoms with Crippen LogP contribution < -0.4 is 0 Å². The number of nitrogens with zero attached hydrogens (tertiary/aromatic N) is 1. The normalized spacial score (nSPS) is 10.6. The Morgan fingerprint density at radius 2 is 1.94 bits per heavy atom. The summed E-state index contributed by atoms with van der Waals surface area (Å²) in [6.45, 7) is 1.75. The summed E-state index contributed by atoms with van der Waals surface area (Å²) >= 11 is 1.24. The highest BCUT2D eigenvalue weighted by atomic mass is 32.1. The van der Waals surface area contributed by atoms with Crippen molar-refractivity contribution in [1.29, 1.82) is 0 Å². The van der Waals surface area contributed by atoms with Crippen LogP contribution in [-0.4, -0.2) is 27.1 Å². The molecule has 0 saturated carbocycles. The van der Waals surface area contributed by atoms with Gasteiger partial charge in [-0.15, -0.1) is 11.3 Å². The monoisotopic (exact) mass is 237 g/mol. The molecule has 1 heterocycles. The van der Waals surface area contributed by atoms with Crippen molar-refractivity contribution in [2.45, 2.75) is 6.92 Å². The Morgan fingerprint density at radius 3 is 2.50 bits per heavy atom. The Morgan fingerprint density at radius 1 is 1.25 bits per heavy atom. The smallest absolute Gasteiger partial charge is 0.337 e. The summed E-state index contributed by atoms with van der Waals surface area (Å²) in [5.74, 6) is -2.30. The van der Waals surface area contributed by atoms with Crippen LogP contribution in [0.25, 0.3) is 10.2 Å². The third-order valence-corrected chi connectivity index (χ3v) is 3.09. The maximum Gasteiger partial charge on any atom is 0.337 e. The molecule has 5 nitrogen and oxygen atoms in total. The van der Waals surface area contributed by atoms with Crippen molar-refractivity contribution in [2.75, 3.05) is 0 Å². The average molecular weight is 237 g/mol. The molecule has 0 saturated heterocycles. The van der Waals surface area contributed by atoms with Crippen LogP contribution >= 0.6 is 11.3 Å². The number of carboxylic acid groups (broad SMARTS) is 2. The first-order chi connectivity index (χ1) is 7.49. The van der Waals surface area contributed by atoms with E-state index in [1.54, 1.807) is 6.92 Å². The van der Waals surface area contributed by atoms with Gasteiger partial charge in [0, 0.05) is 0 Å². The number of fused-ring (bicyclic) bond motifs is 1. The van der Waals surface area contributed by atoms with Crippen LogP contribution in [-0.2, 0) is 0 Å². The molecule has 82 valence electrons. The molecule has 0 amide bonds. The Labute approximate surface area is 94.0 Å². The van der Waals surface area contributed by atoms with Gasteiger partial charge in [0.05, 0.1) is 26.4 Å². The zero-order chi connectivity index (χ0) is 11.9. The minimum absolute atomic E-state index is 0.0134. The molecular formula is C10H7NO4S. The molecule has 2 N–H and O–H groups in total. The number of aromatic nitrogens is 1. The largest absolute Gasteiger partial charge is 0.478 e. The van der Waals surface area contributed by atoms with Crippen LogP contribution in [0, 0.1) is 6.92 Å². The molecule has 2 aromatic rings. The first-order valence-corrected chi connectivity index (χ1v) is 5.18. The second-order valence-electron chi connectivity index (χ2n) is 3.22. The van der Waals surface area contributed by atoms with Gasteiger partial charge < -0.3 is 10.2 Å². The van der Waals surface area contributed by atoms with Gasteiger partial charge in [-0.3, -0.25) is 0 Å². The Balaban J connectivity index is 2.83. The summed E-state index contributed by atoms with van der Waals surface area (Å²) < 4.78 is 0.509. The molecule has 1 aromatic carbocycles. The number of aromatic carboxylic acids is 2. The molecule has 1 aromatic heterocycles. The number of carbonyl (C=O) groups is 2. The number of benzene rings is 1. The van der Waals surface area contributed by atoms with Crippen LogP contribution in [0.2, 0.25) is 0 Å². The van der Waals surface area contributed by atoms with E-state index in [1.807, 2.05) is 0 Å². The number of hydrogen-bond acceptors (Lipinski definition) is 4. The first kappa shape index (κ1) is 10.6. The predicted octanol–water partition coefficient (Wildman–Crippen LogP) is 2.00. The van der Waals surface area contributed by atoms with Crippen LogP contribution in [0.3, 0.4) is 0 Å². The van der Waals surface area contributed by atoms with Gasteiger partial charge in [0.25, 0.3) is 0 Å². The highest BCUT2D eigenvalue weighted by Gasteiger charge is 2.16. The van der Waals surface area contributed by atoms with Crippen LogP contribution in [0.1, 0.15) is 25.7 Å². The van der Waals surface area contributed by atoms with Crippen LogP contribution in [0.4, 0.5) is 0 Å². The molecule has 0 unspecified atom stereocenters. The SMILES string of the molecule is Cc1nc2cc(C(=O)O)cc(C(=O)O)c2s1. The van der Waals surface area contributed by atoms with Crippen LogP contribution in [0.5, 0.6) is 0 Å². The van der Waals surface area contributed by atoms with Crippen molar-refractivity contribution in [3.05, 3.63) is 28.3 Å². The maximum absolute atomic E-state index is 11.0. The summed E-state index contributed by atoms with van der Waals surface area (Å²) in [6.07, 6.45) is 0. The molecule has 0 aliphatic rings. The lowest BCUT2D eigenvalue weighted by Gasteiger charge is -1.99. The van der Waals surface area contributed by atoms with Gasteiger partial charge in [-0.1, -0.05) is 0 Å². The second-order valence-corrected chi connectivity index (χ2v) is 4.42. The van der Waals surface area contributed by atoms with E-state index in [1.165, 1.54) is 17.4 Å². The van der Waals surface area contributed by atoms with E-state index in [9.17, 15) is 9.59 Å². The molecule has 0 fully saturated rings. The van der Waals surface area contributed by atoms with Crippen molar-refractivity contribution in [3.63, 3.8) is 0 Å². The third kappa shape index (κ3) is 1.63. The van der Waals surface area contributed by atoms with E-state index in [0.29, 0.717) is 15.2 Å². The molecule has 0 atom stereocenters. The molecule has 6 heteroatoms. The minimum atomic E-state index is -1.16. The maximum atomic E-state index is 11.0. The Bertz CT molecular complexity index is 602. The Kier molecular flexibility index (Phi) is 2.35. The van der Waals surface area contributed by atoms with Gasteiger partial charge in [0.1, 0.15) is 0 Å². The molecule has 0 spiro atoms. The molecule has 0 aliphatic carbocycles. The lowest BCUT2D eigenvalue weighted by molar-refractivity contribution is 0.0696. The lowest BCUT2D eigenvalue weighted by Crippen LogP contribution is -2.02. The van der Waals surface area contributed by atoms with Gasteiger partial charge in [-0.2, -0.15) is 0 Å². The molecule has 0 bridgehead atoms. The highest BCUT2D eigenvalue weighted by Crippen LogP contribution is 2.27. The van der Waals surface area contributed by atoms with E-state index < -0.39 is 11.9 Å². The lowest BCUT2D eigenvalue weighted by atomic mass is 10.1. The van der Waals surface area contributed by atoms with Gasteiger partial charge in [-0.25, -0.2) is 14.6 Å². The van der Waals surface area contributed by atoms with Gasteiger partial charge in [0.15, 0.2) is 0 Å². The van der Waals surface area contributed by atoms with Gasteiger partial charge in [-0.05, 0) is 19.1 Å². The van der Waals surface area contributed by atoms with Crippen molar-refractivity contribution < 1.29 is 19.8 Å². The quantitative estimate of drug-likeness (QED) is 0.834. The average Bonchev–Trinajstić information content (AvgIpc) is 2.55. The zero-order valence-electron chi connectivity index (χ0n) is 8.22. The Hall–Kier alpha value is -1.95. The van der Waals surface area contributed by atoms with E-state index in [0.717, 1.165) is 6.07 Å². The van der Waals surface area contributed by atoms with E-state index in [-0.39, 0.29) is 11.1 Å². The summed E-state index contributed by atoms with van der Waals surface area (Å²) in [5, 5.41) is 18.5. The van der Waals surface area contributed by atoms with E-state index in [2.05, 4.69) is 4.98 Å². The van der Waals surface area contributed by atoms with Crippen molar-refractivity contribution in [3.8, 4) is 0 Å². The van der Waals surface area contributed by atoms with Crippen LogP contribution in [0.15, 0.2) is 12.1 Å². The molecule has 0 aliphatic heterocycles. The number of thiazole rings is 1. The van der Waals surface area contributed by atoms with Crippen molar-refractivity contribution in [1.82, 2.24) is 4.98 Å². The third-order valence-electron chi connectivity index (χ3n) is 2.07. The number of carboxylic acids is 2. The predicted molar refractivity (Wildman–Crippen MR) is 58.3 cm³/mol. The summed E-state index contributed by atoms with van der Waals surface area (Å²) in [7, 11) is 0. The van der Waals surface area contributed by atoms with Crippen molar-refractivity contribution >= 4 is 33.5 Å². The van der Waals surface area contributed by atoms with E-state index in [4.69, 9.17) is 10.2 Å². The minimum Gasteiger partial charge on any atom is -0.478 e. The zero-order valence-corrected chi connectivity index (χ0v) is 9.04. The summed E-state index contributed by atoms with van der Waals surface area (Å²) in [4.78, 5) is 25.9. The highest BCUT2D eigenvalue weighted by molar-refractivity contribution is 7.18. The fourth-order valence-corrected chi connectivity index (χ4v) is 2.33. The van der Waals surface area contributed by atoms with E-state index >= 15 is 0 Å². The molecule has 0 radical (unpaired) electrons. The number of rotatable bonds is 2. The summed E-state index contributed by atoms with van der Waals surface area (Å²) in [6, 6.07) is 2.54. The number of aryl methyl sites for hydroxylation is 1. The topological polar surface area (TPSA) is 87.5 Å². The standard InChI is InChI=1S/C10H7NO4S/c1-4-11-7-3-5(9(12)13)2-6(10(14)15)8(7)16-4/h2-3H,1H3,(H,12,13)(H,14,15). The molecule has 16 heavy (non-hydrogen) atoms. The second kappa shape index (κ2) is 3.57. The molecule has 2 rings (SSSR count). The first-order valence-electron chi connectivity index (χ1n) is 4.37. The summed E-state index contributed by atoms with van der Waals surface area (Å²) in [5.41, 5.74) is 0.343. The van der Waals surface area contributed by atoms with Gasteiger partial charge >= 0.3 is 11.9 Å². The fraction of sp³-hybridized carbons (Fsp3) is 0.100. The van der Waals surface area contributed by atoms with Gasteiger partial charge in [0.2, 0.25) is 0 Å². The fourth-order valence-electron chi connectivity index (χ4n) is 1.43.